The van der Waals surface area contributed by atoms with Crippen molar-refractivity contribution in [2.45, 2.75) is 101 Å². The number of hydrogen-bond donors (Lipinski definition) is 1. The molecule has 1 aromatic heterocycles. The minimum Gasteiger partial charge on any atom is -0.381 e. The van der Waals surface area contributed by atoms with Crippen LogP contribution in [-0.2, 0) is 34.0 Å². The fourth-order valence-electron chi connectivity index (χ4n) is 5.54. The first-order valence-corrected chi connectivity index (χ1v) is 15.8. The smallest absolute Gasteiger partial charge is 0.269 e. The van der Waals surface area contributed by atoms with Crippen molar-refractivity contribution in [3.05, 3.63) is 46.8 Å². The first-order valence-electron chi connectivity index (χ1n) is 14.2. The fraction of sp³-hybridized carbons (Fsp3) is 0.621. The number of nitrogens with zero attached hydrogens (tertiary/aromatic N) is 2. The molecule has 38 heavy (non-hydrogen) atoms. The number of nitrogens with one attached hydrogen (secondary N) is 1. The zero-order valence-electron chi connectivity index (χ0n) is 22.5. The molecule has 0 atom stereocenters. The predicted molar refractivity (Wildman–Crippen MR) is 146 cm³/mol. The molecule has 1 N–H and O–H groups in total. The minimum absolute atomic E-state index is 0.0411. The van der Waals surface area contributed by atoms with Crippen molar-refractivity contribution in [2.75, 3.05) is 19.8 Å². The zero-order chi connectivity index (χ0) is 27.0. The number of ketones is 1. The van der Waals surface area contributed by atoms with Crippen LogP contribution in [0.25, 0.3) is 0 Å². The normalized spacial score (nSPS) is 17.9. The Labute approximate surface area is 226 Å². The molecule has 0 bridgehead atoms. The van der Waals surface area contributed by atoms with E-state index in [0.29, 0.717) is 69.7 Å². The molecule has 1 saturated carbocycles. The van der Waals surface area contributed by atoms with Crippen molar-refractivity contribution in [1.29, 1.82) is 0 Å². The molecule has 0 unspecified atom stereocenters. The molecule has 0 radical (unpaired) electrons. The van der Waals surface area contributed by atoms with Gasteiger partial charge >= 0.3 is 0 Å². The second-order valence-electron chi connectivity index (χ2n) is 10.4. The minimum atomic E-state index is -3.41. The van der Waals surface area contributed by atoms with Crippen molar-refractivity contribution in [2.24, 2.45) is 0 Å². The molecule has 1 aromatic carbocycles. The van der Waals surface area contributed by atoms with Crippen LogP contribution in [0.5, 0.6) is 0 Å². The van der Waals surface area contributed by atoms with E-state index in [2.05, 4.69) is 5.32 Å². The molecular formula is C29H41N3O5S. The summed E-state index contributed by atoms with van der Waals surface area (Å²) in [6.45, 7) is 4.49. The van der Waals surface area contributed by atoms with Gasteiger partial charge in [0.05, 0.1) is 15.8 Å². The Morgan fingerprint density at radius 2 is 1.89 bits per heavy atom. The van der Waals surface area contributed by atoms with Gasteiger partial charge in [-0.05, 0) is 70.4 Å². The summed E-state index contributed by atoms with van der Waals surface area (Å²) in [5.74, 6) is -0.124. The maximum Gasteiger partial charge on any atom is 0.269 e. The van der Waals surface area contributed by atoms with E-state index in [9.17, 15) is 18.0 Å². The molecule has 1 fully saturated rings. The van der Waals surface area contributed by atoms with Gasteiger partial charge in [0.2, 0.25) is 0 Å². The quantitative estimate of drug-likeness (QED) is 0.363. The summed E-state index contributed by atoms with van der Waals surface area (Å²) in [5.41, 5.74) is 3.02. The third-order valence-corrected chi connectivity index (χ3v) is 9.92. The van der Waals surface area contributed by atoms with Crippen LogP contribution in [-0.4, -0.2) is 54.9 Å². The van der Waals surface area contributed by atoms with E-state index in [1.54, 1.807) is 28.9 Å². The van der Waals surface area contributed by atoms with E-state index < -0.39 is 9.84 Å². The molecule has 2 aliphatic rings. The number of ether oxygens (including phenoxy) is 1. The van der Waals surface area contributed by atoms with Gasteiger partial charge < -0.3 is 10.1 Å². The number of carbonyl (C=O) groups is 2. The van der Waals surface area contributed by atoms with Crippen molar-refractivity contribution in [3.63, 3.8) is 0 Å². The molecule has 9 heteroatoms. The number of aryl methyl sites for hydroxylation is 2. The fourth-order valence-corrected chi connectivity index (χ4v) is 7.44. The molecule has 1 aliphatic heterocycles. The van der Waals surface area contributed by atoms with Crippen LogP contribution in [0.2, 0.25) is 0 Å². The lowest BCUT2D eigenvalue weighted by molar-refractivity contribution is 0.0932. The van der Waals surface area contributed by atoms with Gasteiger partial charge in [-0.15, -0.1) is 0 Å². The predicted octanol–water partition coefficient (Wildman–Crippen LogP) is 4.69. The first-order chi connectivity index (χ1) is 18.4. The molecule has 0 spiro atoms. The molecule has 1 aliphatic carbocycles. The lowest BCUT2D eigenvalue weighted by atomic mass is 10.0. The van der Waals surface area contributed by atoms with Gasteiger partial charge in [-0.25, -0.2) is 8.42 Å². The Bertz CT molecular complexity index is 1210. The molecule has 8 nitrogen and oxygen atoms in total. The lowest BCUT2D eigenvalue weighted by Gasteiger charge is -2.22. The van der Waals surface area contributed by atoms with E-state index in [1.165, 1.54) is 0 Å². The van der Waals surface area contributed by atoms with Gasteiger partial charge in [-0.2, -0.15) is 5.10 Å². The highest BCUT2D eigenvalue weighted by Crippen LogP contribution is 2.29. The van der Waals surface area contributed by atoms with Gasteiger partial charge in [0.25, 0.3) is 5.91 Å². The van der Waals surface area contributed by atoms with Crippen molar-refractivity contribution < 1.29 is 22.7 Å². The van der Waals surface area contributed by atoms with Crippen LogP contribution < -0.4 is 5.32 Å². The summed E-state index contributed by atoms with van der Waals surface area (Å²) < 4.78 is 33.7. The van der Waals surface area contributed by atoms with Crippen LogP contribution >= 0.6 is 0 Å². The van der Waals surface area contributed by atoms with Gasteiger partial charge in [-0.1, -0.05) is 31.4 Å². The third kappa shape index (κ3) is 6.91. The van der Waals surface area contributed by atoms with Crippen molar-refractivity contribution in [3.8, 4) is 0 Å². The van der Waals surface area contributed by atoms with E-state index in [-0.39, 0.29) is 21.8 Å². The Hall–Kier alpha value is -2.52. The number of benzene rings is 1. The Morgan fingerprint density at radius 3 is 2.68 bits per heavy atom. The Balaban J connectivity index is 1.38. The van der Waals surface area contributed by atoms with E-state index in [4.69, 9.17) is 9.84 Å². The molecule has 2 heterocycles. The summed E-state index contributed by atoms with van der Waals surface area (Å²) in [6.07, 6.45) is 9.20. The standard InChI is InChI=1S/C29H41N3O5S/c1-2-32-28-25(15-9-19-37-20-10-18-30-29(28)34)26(31-32)16-6-7-17-27(33)22-11-8-14-24(21-22)38(35,36)23-12-4-3-5-13-23/h8,11,14,21,23H,2-7,9-10,12-13,15-20H2,1H3,(H,30,34). The van der Waals surface area contributed by atoms with Crippen LogP contribution in [0.15, 0.2) is 29.2 Å². The number of fused-ring (bicyclic) bond motifs is 1. The maximum absolute atomic E-state index is 13.1. The highest BCUT2D eigenvalue weighted by molar-refractivity contribution is 7.92. The summed E-state index contributed by atoms with van der Waals surface area (Å²) >= 11 is 0. The molecule has 208 valence electrons. The van der Waals surface area contributed by atoms with Gasteiger partial charge in [0, 0.05) is 43.9 Å². The van der Waals surface area contributed by atoms with Gasteiger partial charge in [-0.3, -0.25) is 14.3 Å². The van der Waals surface area contributed by atoms with Crippen molar-refractivity contribution in [1.82, 2.24) is 15.1 Å². The van der Waals surface area contributed by atoms with Crippen LogP contribution in [0.3, 0.4) is 0 Å². The lowest BCUT2D eigenvalue weighted by Crippen LogP contribution is -2.28. The number of hydrogen-bond acceptors (Lipinski definition) is 6. The summed E-state index contributed by atoms with van der Waals surface area (Å²) in [6, 6.07) is 6.57. The van der Waals surface area contributed by atoms with E-state index in [0.717, 1.165) is 56.2 Å². The second kappa shape index (κ2) is 13.5. The number of unbranched alkanes of at least 4 members (excludes halogenated alkanes) is 1. The molecule has 2 aromatic rings. The first kappa shape index (κ1) is 28.5. The van der Waals surface area contributed by atoms with Crippen molar-refractivity contribution >= 4 is 21.5 Å². The summed E-state index contributed by atoms with van der Waals surface area (Å²) in [5, 5.41) is 7.41. The van der Waals surface area contributed by atoms with Crippen LogP contribution in [0, 0.1) is 0 Å². The monoisotopic (exact) mass is 543 g/mol. The number of amides is 1. The average molecular weight is 544 g/mol. The van der Waals surface area contributed by atoms with E-state index in [1.807, 2.05) is 6.92 Å². The number of carbonyl (C=O) groups excluding carboxylic acids is 2. The largest absolute Gasteiger partial charge is 0.381 e. The zero-order valence-corrected chi connectivity index (χ0v) is 23.4. The topological polar surface area (TPSA) is 107 Å². The van der Waals surface area contributed by atoms with Gasteiger partial charge in [0.1, 0.15) is 5.69 Å². The second-order valence-corrected chi connectivity index (χ2v) is 12.6. The van der Waals surface area contributed by atoms with E-state index >= 15 is 0 Å². The maximum atomic E-state index is 13.1. The summed E-state index contributed by atoms with van der Waals surface area (Å²) in [7, 11) is -3.41. The molecular weight excluding hydrogens is 502 g/mol. The Kier molecular flexibility index (Phi) is 10.1. The SMILES string of the molecule is CCn1nc(CCCCC(=O)c2cccc(S(=O)(=O)C3CCCCC3)c2)c2c1C(=O)NCCCOCCC2. The summed E-state index contributed by atoms with van der Waals surface area (Å²) in [4.78, 5) is 26.1. The number of sulfone groups is 1. The highest BCUT2D eigenvalue weighted by atomic mass is 32.2. The number of aromatic nitrogens is 2. The molecule has 4 rings (SSSR count). The molecule has 0 saturated heterocycles. The average Bonchev–Trinajstić information content (AvgIpc) is 3.28. The number of Topliss-reactive ketones (excluding diaryl/α,β-unsaturated/α-hetero) is 1. The van der Waals surface area contributed by atoms with Crippen LogP contribution in [0.4, 0.5) is 0 Å². The number of rotatable bonds is 9. The third-order valence-electron chi connectivity index (χ3n) is 7.66. The Morgan fingerprint density at radius 1 is 1.11 bits per heavy atom. The van der Waals surface area contributed by atoms with Crippen LogP contribution in [0.1, 0.15) is 103 Å². The van der Waals surface area contributed by atoms with Gasteiger partial charge in [0.15, 0.2) is 15.6 Å². The highest BCUT2D eigenvalue weighted by Gasteiger charge is 2.29. The molecule has 1 amide bonds.